The smallest absolute Gasteiger partial charge is 0.352 e. The SMILES string of the molecule is FC(F)(F)c1ccnc(NC[C@H](c2cccnc2)N2CCCCC2)n1. The molecule has 3 rings (SSSR count). The molecule has 2 aromatic rings. The van der Waals surface area contributed by atoms with E-state index in [1.807, 2.05) is 12.1 Å². The van der Waals surface area contributed by atoms with E-state index < -0.39 is 11.9 Å². The Kier molecular flexibility index (Phi) is 5.47. The first-order valence-corrected chi connectivity index (χ1v) is 8.32. The fourth-order valence-electron chi connectivity index (χ4n) is 3.05. The van der Waals surface area contributed by atoms with Gasteiger partial charge in [0.2, 0.25) is 5.95 Å². The van der Waals surface area contributed by atoms with Gasteiger partial charge in [0, 0.05) is 25.1 Å². The van der Waals surface area contributed by atoms with Gasteiger partial charge in [-0.1, -0.05) is 12.5 Å². The van der Waals surface area contributed by atoms with E-state index in [0.717, 1.165) is 43.8 Å². The third-order valence-corrected chi connectivity index (χ3v) is 4.30. The zero-order valence-electron chi connectivity index (χ0n) is 13.7. The van der Waals surface area contributed by atoms with Crippen LogP contribution in [0.25, 0.3) is 0 Å². The van der Waals surface area contributed by atoms with Crippen LogP contribution in [-0.2, 0) is 6.18 Å². The predicted octanol–water partition coefficient (Wildman–Crippen LogP) is 3.53. The molecule has 1 aliphatic rings. The van der Waals surface area contributed by atoms with Crippen LogP contribution in [0, 0.1) is 0 Å². The second-order valence-corrected chi connectivity index (χ2v) is 6.04. The van der Waals surface area contributed by atoms with E-state index in [2.05, 4.69) is 25.2 Å². The quantitative estimate of drug-likeness (QED) is 0.893. The molecule has 2 aromatic heterocycles. The summed E-state index contributed by atoms with van der Waals surface area (Å²) in [6.45, 7) is 2.35. The lowest BCUT2D eigenvalue weighted by atomic mass is 10.0. The Balaban J connectivity index is 1.74. The van der Waals surface area contributed by atoms with Crippen molar-refractivity contribution in [2.45, 2.75) is 31.5 Å². The van der Waals surface area contributed by atoms with E-state index in [1.165, 1.54) is 6.42 Å². The van der Waals surface area contributed by atoms with Crippen LogP contribution in [0.4, 0.5) is 19.1 Å². The second kappa shape index (κ2) is 7.77. The van der Waals surface area contributed by atoms with E-state index >= 15 is 0 Å². The number of hydrogen-bond acceptors (Lipinski definition) is 5. The molecule has 0 bridgehead atoms. The minimum atomic E-state index is -4.48. The van der Waals surface area contributed by atoms with Crippen molar-refractivity contribution in [3.8, 4) is 0 Å². The van der Waals surface area contributed by atoms with Gasteiger partial charge in [-0.05, 0) is 43.6 Å². The zero-order chi connectivity index (χ0) is 17.7. The third kappa shape index (κ3) is 4.66. The molecule has 0 aliphatic carbocycles. The molecule has 8 heteroatoms. The van der Waals surface area contributed by atoms with Crippen LogP contribution in [0.3, 0.4) is 0 Å². The molecule has 3 heterocycles. The molecule has 1 saturated heterocycles. The van der Waals surface area contributed by atoms with Crippen molar-refractivity contribution in [3.63, 3.8) is 0 Å². The maximum absolute atomic E-state index is 12.8. The first kappa shape index (κ1) is 17.6. The summed E-state index contributed by atoms with van der Waals surface area (Å²) in [6.07, 6.45) is 3.61. The van der Waals surface area contributed by atoms with Crippen molar-refractivity contribution in [3.05, 3.63) is 48.0 Å². The Morgan fingerprint density at radius 3 is 2.60 bits per heavy atom. The van der Waals surface area contributed by atoms with Gasteiger partial charge in [0.25, 0.3) is 0 Å². The molecule has 1 fully saturated rings. The largest absolute Gasteiger partial charge is 0.433 e. The molecule has 25 heavy (non-hydrogen) atoms. The number of hydrogen-bond donors (Lipinski definition) is 1. The molecule has 0 unspecified atom stereocenters. The summed E-state index contributed by atoms with van der Waals surface area (Å²) in [7, 11) is 0. The Morgan fingerprint density at radius 2 is 1.92 bits per heavy atom. The highest BCUT2D eigenvalue weighted by Crippen LogP contribution is 2.28. The van der Waals surface area contributed by atoms with Gasteiger partial charge in [0.1, 0.15) is 5.69 Å². The first-order chi connectivity index (χ1) is 12.0. The van der Waals surface area contributed by atoms with Crippen LogP contribution in [0.2, 0.25) is 0 Å². The summed E-state index contributed by atoms with van der Waals surface area (Å²) in [5, 5.41) is 2.96. The molecule has 1 atom stereocenters. The molecular formula is C17H20F3N5. The Labute approximate surface area is 144 Å². The first-order valence-electron chi connectivity index (χ1n) is 8.32. The van der Waals surface area contributed by atoms with Crippen LogP contribution in [-0.4, -0.2) is 39.5 Å². The van der Waals surface area contributed by atoms with Crippen molar-refractivity contribution in [1.82, 2.24) is 19.9 Å². The fraction of sp³-hybridized carbons (Fsp3) is 0.471. The summed E-state index contributed by atoms with van der Waals surface area (Å²) in [5.41, 5.74) is 0.0878. The molecule has 5 nitrogen and oxygen atoms in total. The Bertz CT molecular complexity index is 671. The average molecular weight is 351 g/mol. The predicted molar refractivity (Wildman–Crippen MR) is 87.9 cm³/mol. The van der Waals surface area contributed by atoms with Crippen molar-refractivity contribution < 1.29 is 13.2 Å². The number of anilines is 1. The van der Waals surface area contributed by atoms with Gasteiger partial charge >= 0.3 is 6.18 Å². The molecule has 0 saturated carbocycles. The summed E-state index contributed by atoms with van der Waals surface area (Å²) >= 11 is 0. The lowest BCUT2D eigenvalue weighted by Crippen LogP contribution is -2.37. The molecule has 1 aliphatic heterocycles. The van der Waals surface area contributed by atoms with Crippen LogP contribution in [0.1, 0.15) is 36.6 Å². The summed E-state index contributed by atoms with van der Waals surface area (Å²) < 4.78 is 38.4. The van der Waals surface area contributed by atoms with Crippen LogP contribution in [0.5, 0.6) is 0 Å². The minimum Gasteiger partial charge on any atom is -0.352 e. The lowest BCUT2D eigenvalue weighted by molar-refractivity contribution is -0.141. The Hall–Kier alpha value is -2.22. The molecule has 134 valence electrons. The number of nitrogens with one attached hydrogen (secondary N) is 1. The normalized spacial score (nSPS) is 17.2. The van der Waals surface area contributed by atoms with Gasteiger partial charge in [-0.15, -0.1) is 0 Å². The number of alkyl halides is 3. The number of aromatic nitrogens is 3. The number of nitrogens with zero attached hydrogens (tertiary/aromatic N) is 4. The van der Waals surface area contributed by atoms with Crippen LogP contribution in [0.15, 0.2) is 36.8 Å². The van der Waals surface area contributed by atoms with Crippen LogP contribution >= 0.6 is 0 Å². The number of halogens is 3. The number of rotatable bonds is 5. The maximum Gasteiger partial charge on any atom is 0.433 e. The van der Waals surface area contributed by atoms with E-state index in [4.69, 9.17) is 0 Å². The van der Waals surface area contributed by atoms with E-state index in [1.54, 1.807) is 12.4 Å². The highest BCUT2D eigenvalue weighted by atomic mass is 19.4. The molecule has 0 radical (unpaired) electrons. The van der Waals surface area contributed by atoms with Gasteiger partial charge in [-0.2, -0.15) is 13.2 Å². The minimum absolute atomic E-state index is 0.0132. The number of pyridine rings is 1. The second-order valence-electron chi connectivity index (χ2n) is 6.04. The topological polar surface area (TPSA) is 53.9 Å². The van der Waals surface area contributed by atoms with Crippen molar-refractivity contribution in [1.29, 1.82) is 0 Å². The van der Waals surface area contributed by atoms with Crippen molar-refractivity contribution in [2.24, 2.45) is 0 Å². The van der Waals surface area contributed by atoms with Gasteiger partial charge in [0.15, 0.2) is 0 Å². The highest BCUT2D eigenvalue weighted by molar-refractivity contribution is 5.28. The van der Waals surface area contributed by atoms with Gasteiger partial charge in [0.05, 0.1) is 6.04 Å². The van der Waals surface area contributed by atoms with E-state index in [9.17, 15) is 13.2 Å². The summed E-state index contributed by atoms with van der Waals surface area (Å²) in [6, 6.07) is 4.75. The maximum atomic E-state index is 12.8. The Morgan fingerprint density at radius 1 is 1.12 bits per heavy atom. The van der Waals surface area contributed by atoms with Gasteiger partial charge < -0.3 is 5.32 Å². The third-order valence-electron chi connectivity index (χ3n) is 4.30. The van der Waals surface area contributed by atoms with Gasteiger partial charge in [-0.25, -0.2) is 9.97 Å². The summed E-state index contributed by atoms with van der Waals surface area (Å²) in [4.78, 5) is 14.0. The van der Waals surface area contributed by atoms with Crippen molar-refractivity contribution >= 4 is 5.95 Å². The molecule has 0 aromatic carbocycles. The van der Waals surface area contributed by atoms with E-state index in [-0.39, 0.29) is 12.0 Å². The highest BCUT2D eigenvalue weighted by Gasteiger charge is 2.33. The number of likely N-dealkylation sites (tertiary alicyclic amines) is 1. The van der Waals surface area contributed by atoms with Gasteiger partial charge in [-0.3, -0.25) is 9.88 Å². The molecule has 0 spiro atoms. The van der Waals surface area contributed by atoms with Crippen LogP contribution < -0.4 is 5.32 Å². The lowest BCUT2D eigenvalue weighted by Gasteiger charge is -2.34. The molecule has 1 N–H and O–H groups in total. The van der Waals surface area contributed by atoms with Crippen molar-refractivity contribution in [2.75, 3.05) is 25.0 Å². The summed E-state index contributed by atoms with van der Waals surface area (Å²) in [5.74, 6) is -0.0132. The zero-order valence-corrected chi connectivity index (χ0v) is 13.7. The molecule has 0 amide bonds. The fourth-order valence-corrected chi connectivity index (χ4v) is 3.05. The standard InChI is InChI=1S/C17H20F3N5/c18-17(19,20)15-6-8-22-16(24-15)23-12-14(13-5-4-7-21-11-13)25-9-2-1-3-10-25/h4-8,11,14H,1-3,9-10,12H2,(H,22,23,24)/t14-/m1/s1. The average Bonchev–Trinajstić information content (AvgIpc) is 2.63. The number of piperidine rings is 1. The van der Waals surface area contributed by atoms with E-state index in [0.29, 0.717) is 6.54 Å². The molecular weight excluding hydrogens is 331 g/mol. The monoisotopic (exact) mass is 351 g/mol.